The predicted molar refractivity (Wildman–Crippen MR) is 62.7 cm³/mol. The Morgan fingerprint density at radius 1 is 1.44 bits per heavy atom. The summed E-state index contributed by atoms with van der Waals surface area (Å²) in [7, 11) is 1.13. The van der Waals surface area contributed by atoms with E-state index in [1.54, 1.807) is 30.3 Å². The molecule has 1 aromatic rings. The molecule has 0 spiro atoms. The van der Waals surface area contributed by atoms with Gasteiger partial charge in [-0.3, -0.25) is 0 Å². The number of alkyl carbamates (subject to hydrolysis) is 1. The first kappa shape index (κ1) is 12.4. The summed E-state index contributed by atoms with van der Waals surface area (Å²) in [5, 5.41) is 11.0. The molecule has 0 radical (unpaired) electrons. The summed E-state index contributed by atoms with van der Waals surface area (Å²) < 4.78 is 16.8. The fourth-order valence-corrected chi connectivity index (χ4v) is 1.15. The highest BCUT2D eigenvalue weighted by Gasteiger charge is 2.20. The van der Waals surface area contributed by atoms with Crippen molar-refractivity contribution in [2.24, 2.45) is 0 Å². The van der Waals surface area contributed by atoms with Gasteiger partial charge in [0.15, 0.2) is 6.04 Å². The molecule has 18 heavy (non-hydrogen) atoms. The van der Waals surface area contributed by atoms with Gasteiger partial charge in [-0.2, -0.15) is 0 Å². The third kappa shape index (κ3) is 4.42. The van der Waals surface area contributed by atoms with Gasteiger partial charge in [0.2, 0.25) is 0 Å². The molecule has 0 heterocycles. The molecule has 6 nitrogen and oxygen atoms in total. The van der Waals surface area contributed by atoms with Crippen LogP contribution in [-0.4, -0.2) is 36.9 Å². The molecule has 0 saturated heterocycles. The van der Waals surface area contributed by atoms with E-state index < -0.39 is 31.3 Å². The second-order valence-electron chi connectivity index (χ2n) is 3.34. The summed E-state index contributed by atoms with van der Waals surface area (Å²) in [4.78, 5) is 22.6. The minimum atomic E-state index is -1.21. The number of carbonyl (C=O) groups is 2. The van der Waals surface area contributed by atoms with Gasteiger partial charge in [0.1, 0.15) is 6.58 Å². The summed E-state index contributed by atoms with van der Waals surface area (Å²) in [6.07, 6.45) is -0.978. The Hall–Kier alpha value is -2.08. The van der Waals surface area contributed by atoms with E-state index in [0.717, 1.165) is 7.11 Å². The largest absolute Gasteiger partial charge is 0.467 e. The van der Waals surface area contributed by atoms with Crippen molar-refractivity contribution in [1.82, 2.24) is 5.32 Å². The van der Waals surface area contributed by atoms with Crippen molar-refractivity contribution in [1.29, 1.82) is 0 Å². The van der Waals surface area contributed by atoms with Gasteiger partial charge < -0.3 is 19.9 Å². The molecule has 1 rings (SSSR count). The molecule has 0 fully saturated rings. The Bertz CT molecular complexity index is 425. The Kier molecular flexibility index (Phi) is 5.01. The maximum Gasteiger partial charge on any atom is 0.408 e. The number of rotatable bonds is 5. The van der Waals surface area contributed by atoms with Crippen LogP contribution in [0.25, 0.3) is 0 Å². The van der Waals surface area contributed by atoms with Crippen molar-refractivity contribution < 1.29 is 25.5 Å². The van der Waals surface area contributed by atoms with E-state index >= 15 is 0 Å². The van der Waals surface area contributed by atoms with Gasteiger partial charge >= 0.3 is 12.1 Å². The summed E-state index contributed by atoms with van der Waals surface area (Å²) in [6.45, 7) is -1.83. The third-order valence-corrected chi connectivity index (χ3v) is 2.06. The van der Waals surface area contributed by atoms with E-state index in [1.165, 1.54) is 0 Å². The van der Waals surface area contributed by atoms with E-state index in [4.69, 9.17) is 11.2 Å². The minimum Gasteiger partial charge on any atom is -0.467 e. The van der Waals surface area contributed by atoms with E-state index in [2.05, 4.69) is 10.1 Å². The van der Waals surface area contributed by atoms with Gasteiger partial charge in [0, 0.05) is 0 Å². The SMILES string of the molecule is [2H][C@@H](OC(=O)N[C@@H](CO)C(=O)OC)c1ccccc1. The highest BCUT2D eigenvalue weighted by atomic mass is 16.6. The predicted octanol–water partition coefficient (Wildman–Crippen LogP) is 0.447. The van der Waals surface area contributed by atoms with Crippen molar-refractivity contribution in [3.63, 3.8) is 0 Å². The maximum absolute atomic E-state index is 11.4. The number of nitrogens with one attached hydrogen (secondary N) is 1. The highest BCUT2D eigenvalue weighted by Crippen LogP contribution is 2.00. The normalized spacial score (nSPS) is 14.0. The van der Waals surface area contributed by atoms with Gasteiger partial charge in [-0.05, 0) is 5.56 Å². The first-order chi connectivity index (χ1) is 9.08. The topological polar surface area (TPSA) is 84.9 Å². The van der Waals surface area contributed by atoms with Crippen molar-refractivity contribution in [3.8, 4) is 0 Å². The van der Waals surface area contributed by atoms with Crippen LogP contribution in [0.2, 0.25) is 0 Å². The van der Waals surface area contributed by atoms with Crippen molar-refractivity contribution in [2.45, 2.75) is 12.6 Å². The molecule has 0 unspecified atom stereocenters. The molecule has 1 amide bonds. The van der Waals surface area contributed by atoms with E-state index in [1.807, 2.05) is 0 Å². The summed E-state index contributed by atoms with van der Waals surface area (Å²) in [6, 6.07) is 7.26. The molecule has 98 valence electrons. The van der Waals surface area contributed by atoms with Crippen molar-refractivity contribution in [2.75, 3.05) is 13.7 Å². The Morgan fingerprint density at radius 3 is 2.67 bits per heavy atom. The number of carbonyl (C=O) groups excluding carboxylic acids is 2. The molecule has 6 heteroatoms. The molecular formula is C12H15NO5. The van der Waals surface area contributed by atoms with E-state index in [0.29, 0.717) is 5.56 Å². The smallest absolute Gasteiger partial charge is 0.408 e. The zero-order valence-electron chi connectivity index (χ0n) is 10.8. The van der Waals surface area contributed by atoms with Gasteiger partial charge in [0.05, 0.1) is 15.1 Å². The molecule has 0 bridgehead atoms. The zero-order chi connectivity index (χ0) is 14.3. The molecular weight excluding hydrogens is 238 g/mol. The molecule has 2 N–H and O–H groups in total. The Labute approximate surface area is 106 Å². The molecule has 0 aromatic heterocycles. The van der Waals surface area contributed by atoms with Gasteiger partial charge in [-0.25, -0.2) is 9.59 Å². The van der Waals surface area contributed by atoms with Crippen molar-refractivity contribution in [3.05, 3.63) is 35.9 Å². The average molecular weight is 254 g/mol. The van der Waals surface area contributed by atoms with Crippen LogP contribution < -0.4 is 5.32 Å². The van der Waals surface area contributed by atoms with Crippen LogP contribution in [0.5, 0.6) is 0 Å². The van der Waals surface area contributed by atoms with Crippen LogP contribution in [0.3, 0.4) is 0 Å². The standard InChI is InChI=1S/C12H15NO5/c1-17-11(15)10(7-14)13-12(16)18-8-9-5-3-2-4-6-9/h2-6,10,14H,7-8H2,1H3,(H,13,16)/t10-/m0/s1/i8D/t8-,10+/m1. The second-order valence-corrected chi connectivity index (χ2v) is 3.34. The monoisotopic (exact) mass is 254 g/mol. The van der Waals surface area contributed by atoms with Gasteiger partial charge in [-0.15, -0.1) is 0 Å². The fourth-order valence-electron chi connectivity index (χ4n) is 1.15. The number of benzene rings is 1. The molecule has 0 saturated carbocycles. The number of hydrogen-bond donors (Lipinski definition) is 2. The lowest BCUT2D eigenvalue weighted by Gasteiger charge is -2.13. The Morgan fingerprint density at radius 2 is 2.11 bits per heavy atom. The summed E-state index contributed by atoms with van der Waals surface area (Å²) >= 11 is 0. The van der Waals surface area contributed by atoms with Crippen LogP contribution in [0, 0.1) is 0 Å². The van der Waals surface area contributed by atoms with Crippen LogP contribution >= 0.6 is 0 Å². The summed E-state index contributed by atoms with van der Waals surface area (Å²) in [5.41, 5.74) is 0.497. The molecule has 0 aliphatic carbocycles. The van der Waals surface area contributed by atoms with E-state index in [-0.39, 0.29) is 0 Å². The van der Waals surface area contributed by atoms with Crippen LogP contribution in [0.4, 0.5) is 4.79 Å². The van der Waals surface area contributed by atoms with Crippen molar-refractivity contribution >= 4 is 12.1 Å². The highest BCUT2D eigenvalue weighted by molar-refractivity contribution is 5.81. The van der Waals surface area contributed by atoms with E-state index in [9.17, 15) is 9.59 Å². The molecule has 2 atom stereocenters. The first-order valence-electron chi connectivity index (χ1n) is 5.79. The van der Waals surface area contributed by atoms with Gasteiger partial charge in [-0.1, -0.05) is 30.3 Å². The number of ether oxygens (including phenoxy) is 2. The first-order valence-corrected chi connectivity index (χ1v) is 5.21. The second kappa shape index (κ2) is 7.29. The molecule has 1 aromatic carbocycles. The maximum atomic E-state index is 11.4. The van der Waals surface area contributed by atoms with Crippen LogP contribution in [0.15, 0.2) is 30.3 Å². The van der Waals surface area contributed by atoms with Crippen LogP contribution in [0.1, 0.15) is 6.93 Å². The fraction of sp³-hybridized carbons (Fsp3) is 0.333. The van der Waals surface area contributed by atoms with Crippen LogP contribution in [-0.2, 0) is 20.9 Å². The number of aliphatic hydroxyl groups excluding tert-OH is 1. The number of aliphatic hydroxyl groups is 1. The lowest BCUT2D eigenvalue weighted by Crippen LogP contribution is -2.44. The number of methoxy groups -OCH3 is 1. The summed E-state index contributed by atoms with van der Waals surface area (Å²) in [5.74, 6) is -0.791. The number of amides is 1. The number of esters is 1. The zero-order valence-corrected chi connectivity index (χ0v) is 9.83. The molecule has 0 aliphatic heterocycles. The lowest BCUT2D eigenvalue weighted by atomic mass is 10.2. The number of hydrogen-bond acceptors (Lipinski definition) is 5. The molecule has 0 aliphatic rings. The van der Waals surface area contributed by atoms with Gasteiger partial charge in [0.25, 0.3) is 0 Å². The average Bonchev–Trinajstić information content (AvgIpc) is 2.44. The Balaban J connectivity index is 2.53. The third-order valence-electron chi connectivity index (χ3n) is 2.06. The quantitative estimate of drug-likeness (QED) is 0.745. The minimum absolute atomic E-state index is 0.497. The lowest BCUT2D eigenvalue weighted by molar-refractivity contribution is -0.144.